The van der Waals surface area contributed by atoms with Gasteiger partial charge in [-0.05, 0) is 17.7 Å². The fourth-order valence-corrected chi connectivity index (χ4v) is 1.86. The fourth-order valence-electron chi connectivity index (χ4n) is 1.86. The van der Waals surface area contributed by atoms with Crippen molar-refractivity contribution in [2.24, 2.45) is 0 Å². The van der Waals surface area contributed by atoms with E-state index in [9.17, 15) is 0 Å². The zero-order chi connectivity index (χ0) is 11.0. The van der Waals surface area contributed by atoms with Gasteiger partial charge >= 0.3 is 0 Å². The number of ether oxygens (including phenoxy) is 2. The second-order valence-electron chi connectivity index (χ2n) is 3.73. The molecule has 80 valence electrons. The lowest BCUT2D eigenvalue weighted by Crippen LogP contribution is -2.04. The predicted molar refractivity (Wildman–Crippen MR) is 60.1 cm³/mol. The zero-order valence-corrected chi connectivity index (χ0v) is 8.93. The van der Waals surface area contributed by atoms with E-state index in [-0.39, 0.29) is 0 Å². The molecule has 2 heterocycles. The molecule has 0 radical (unpaired) electrons. The lowest BCUT2D eigenvalue weighted by Gasteiger charge is -2.19. The van der Waals surface area contributed by atoms with Gasteiger partial charge in [0.1, 0.15) is 11.5 Å². The quantitative estimate of drug-likeness (QED) is 0.622. The van der Waals surface area contributed by atoms with Crippen LogP contribution in [0.3, 0.4) is 0 Å². The minimum atomic E-state index is 0.680. The summed E-state index contributed by atoms with van der Waals surface area (Å²) in [5.74, 6) is 2.34. The molecule has 0 N–H and O–H groups in total. The summed E-state index contributed by atoms with van der Waals surface area (Å²) in [5, 5.41) is 0. The van der Waals surface area contributed by atoms with Gasteiger partial charge in [0.15, 0.2) is 0 Å². The van der Waals surface area contributed by atoms with E-state index in [4.69, 9.17) is 9.47 Å². The molecule has 0 saturated heterocycles. The Hall–Kier alpha value is -2.03. The van der Waals surface area contributed by atoms with Gasteiger partial charge in [-0.2, -0.15) is 0 Å². The molecule has 3 nitrogen and oxygen atoms in total. The number of nitrogens with zero attached hydrogens (tertiary/aromatic N) is 1. The Morgan fingerprint density at radius 2 is 2.12 bits per heavy atom. The first kappa shape index (κ1) is 9.21. The third-order valence-corrected chi connectivity index (χ3v) is 2.70. The minimum absolute atomic E-state index is 0.680. The van der Waals surface area contributed by atoms with Crippen molar-refractivity contribution in [3.05, 3.63) is 47.7 Å². The second-order valence-corrected chi connectivity index (χ2v) is 3.73. The number of methoxy groups -OCH3 is 1. The van der Waals surface area contributed by atoms with Gasteiger partial charge in [0.2, 0.25) is 5.88 Å². The highest BCUT2D eigenvalue weighted by molar-refractivity contribution is 5.48. The normalized spacial score (nSPS) is 12.3. The minimum Gasteiger partial charge on any atom is -0.495 e. The van der Waals surface area contributed by atoms with Crippen LogP contribution in [0.25, 0.3) is 0 Å². The smallest absolute Gasteiger partial charge is 0.223 e. The summed E-state index contributed by atoms with van der Waals surface area (Å²) in [6, 6.07) is 9.98. The van der Waals surface area contributed by atoms with E-state index in [2.05, 4.69) is 11.1 Å². The maximum Gasteiger partial charge on any atom is 0.223 e. The van der Waals surface area contributed by atoms with Gasteiger partial charge in [-0.1, -0.05) is 18.2 Å². The number of aromatic nitrogens is 1. The maximum absolute atomic E-state index is 5.71. The molecular formula is C13H11NO2. The lowest BCUT2D eigenvalue weighted by atomic mass is 10.0. The summed E-state index contributed by atoms with van der Waals surface area (Å²) in [6.07, 6.45) is 2.52. The maximum atomic E-state index is 5.71. The van der Waals surface area contributed by atoms with Crippen molar-refractivity contribution < 1.29 is 9.47 Å². The van der Waals surface area contributed by atoms with Crippen LogP contribution < -0.4 is 9.47 Å². The number of benzene rings is 1. The van der Waals surface area contributed by atoms with E-state index in [1.165, 1.54) is 5.56 Å². The van der Waals surface area contributed by atoms with Crippen LogP contribution in [0.5, 0.6) is 17.4 Å². The van der Waals surface area contributed by atoms with Crippen molar-refractivity contribution in [2.75, 3.05) is 7.11 Å². The van der Waals surface area contributed by atoms with Crippen molar-refractivity contribution in [1.82, 2.24) is 4.98 Å². The van der Waals surface area contributed by atoms with Gasteiger partial charge < -0.3 is 9.47 Å². The number of hydrogen-bond acceptors (Lipinski definition) is 3. The number of pyridine rings is 1. The highest BCUT2D eigenvalue weighted by Crippen LogP contribution is 2.35. The molecule has 0 bridgehead atoms. The lowest BCUT2D eigenvalue weighted by molar-refractivity contribution is 0.402. The highest BCUT2D eigenvalue weighted by atomic mass is 16.5. The van der Waals surface area contributed by atoms with E-state index < -0.39 is 0 Å². The van der Waals surface area contributed by atoms with Crippen LogP contribution in [0.2, 0.25) is 0 Å². The summed E-state index contributed by atoms with van der Waals surface area (Å²) in [7, 11) is 1.64. The molecule has 1 aromatic heterocycles. The van der Waals surface area contributed by atoms with Crippen LogP contribution in [0.1, 0.15) is 11.1 Å². The molecule has 1 aliphatic heterocycles. The molecule has 2 aromatic rings. The molecule has 0 aliphatic carbocycles. The van der Waals surface area contributed by atoms with Gasteiger partial charge in [-0.15, -0.1) is 0 Å². The molecular weight excluding hydrogens is 202 g/mol. The van der Waals surface area contributed by atoms with Crippen molar-refractivity contribution in [1.29, 1.82) is 0 Å². The summed E-state index contributed by atoms with van der Waals surface area (Å²) in [4.78, 5) is 4.24. The van der Waals surface area contributed by atoms with Gasteiger partial charge in [0, 0.05) is 12.0 Å². The predicted octanol–water partition coefficient (Wildman–Crippen LogP) is 2.79. The molecule has 3 heteroatoms. The van der Waals surface area contributed by atoms with Crippen LogP contribution in [0.4, 0.5) is 0 Å². The number of fused-ring (bicyclic) bond motifs is 2. The summed E-state index contributed by atoms with van der Waals surface area (Å²) in [6.45, 7) is 0. The molecule has 1 aromatic carbocycles. The fraction of sp³-hybridized carbons (Fsp3) is 0.154. The van der Waals surface area contributed by atoms with Crippen molar-refractivity contribution in [3.8, 4) is 17.4 Å². The van der Waals surface area contributed by atoms with Crippen LogP contribution >= 0.6 is 0 Å². The summed E-state index contributed by atoms with van der Waals surface area (Å²) in [5.41, 5.74) is 2.25. The third kappa shape index (κ3) is 1.41. The van der Waals surface area contributed by atoms with E-state index >= 15 is 0 Å². The van der Waals surface area contributed by atoms with Crippen molar-refractivity contribution in [2.45, 2.75) is 6.42 Å². The zero-order valence-electron chi connectivity index (χ0n) is 8.93. The number of rotatable bonds is 1. The van der Waals surface area contributed by atoms with Crippen LogP contribution in [-0.2, 0) is 6.42 Å². The first-order chi connectivity index (χ1) is 7.86. The van der Waals surface area contributed by atoms with E-state index in [1.54, 1.807) is 13.3 Å². The molecule has 3 rings (SSSR count). The molecule has 0 fully saturated rings. The Kier molecular flexibility index (Phi) is 2.03. The largest absolute Gasteiger partial charge is 0.495 e. The molecule has 0 atom stereocenters. The Labute approximate surface area is 93.7 Å². The van der Waals surface area contributed by atoms with Gasteiger partial charge in [-0.3, -0.25) is 0 Å². The summed E-state index contributed by atoms with van der Waals surface area (Å²) >= 11 is 0. The molecule has 0 unspecified atom stereocenters. The Balaban J connectivity index is 2.05. The Morgan fingerprint density at radius 3 is 3.00 bits per heavy atom. The highest BCUT2D eigenvalue weighted by Gasteiger charge is 2.17. The Bertz CT molecular complexity index is 537. The van der Waals surface area contributed by atoms with E-state index in [0.717, 1.165) is 23.5 Å². The Morgan fingerprint density at radius 1 is 1.25 bits per heavy atom. The molecule has 1 aliphatic rings. The molecule has 0 saturated carbocycles. The van der Waals surface area contributed by atoms with Crippen molar-refractivity contribution in [3.63, 3.8) is 0 Å². The van der Waals surface area contributed by atoms with Crippen LogP contribution in [-0.4, -0.2) is 12.1 Å². The first-order valence-corrected chi connectivity index (χ1v) is 5.15. The number of para-hydroxylation sites is 1. The standard InChI is InChI=1S/C13H11NO2/c1-15-11-7-10-6-9-4-2-3-5-12(9)16-13(10)14-8-11/h2-5,7-8H,6H2,1H3. The topological polar surface area (TPSA) is 31.4 Å². The third-order valence-electron chi connectivity index (χ3n) is 2.70. The average Bonchev–Trinajstić information content (AvgIpc) is 2.35. The van der Waals surface area contributed by atoms with Crippen LogP contribution in [0.15, 0.2) is 36.5 Å². The van der Waals surface area contributed by atoms with Gasteiger partial charge in [0.05, 0.1) is 13.3 Å². The van der Waals surface area contributed by atoms with Crippen LogP contribution in [0, 0.1) is 0 Å². The second kappa shape index (κ2) is 3.52. The molecule has 16 heavy (non-hydrogen) atoms. The average molecular weight is 213 g/mol. The molecule has 0 amide bonds. The van der Waals surface area contributed by atoms with Crippen molar-refractivity contribution >= 4 is 0 Å². The molecule has 0 spiro atoms. The van der Waals surface area contributed by atoms with E-state index in [1.807, 2.05) is 24.3 Å². The van der Waals surface area contributed by atoms with Gasteiger partial charge in [0.25, 0.3) is 0 Å². The SMILES string of the molecule is COc1cnc2c(c1)Cc1ccccc1O2. The first-order valence-electron chi connectivity index (χ1n) is 5.15. The van der Waals surface area contributed by atoms with Gasteiger partial charge in [-0.25, -0.2) is 4.98 Å². The summed E-state index contributed by atoms with van der Waals surface area (Å²) < 4.78 is 10.9. The van der Waals surface area contributed by atoms with E-state index in [0.29, 0.717) is 5.88 Å². The number of hydrogen-bond donors (Lipinski definition) is 0. The monoisotopic (exact) mass is 213 g/mol.